The van der Waals surface area contributed by atoms with Crippen molar-refractivity contribution in [2.24, 2.45) is 0 Å². The molecule has 2 rings (SSSR count). The van der Waals surface area contributed by atoms with Crippen molar-refractivity contribution in [2.75, 3.05) is 0 Å². The molecule has 0 aliphatic rings. The van der Waals surface area contributed by atoms with Crippen LogP contribution in [0.1, 0.15) is 22.9 Å². The molecule has 0 bridgehead atoms. The average molecular weight is 371 g/mol. The van der Waals surface area contributed by atoms with E-state index in [9.17, 15) is 5.11 Å². The second kappa shape index (κ2) is 5.95. The molecule has 2 aromatic rings. The number of hydrogen-bond donors (Lipinski definition) is 1. The monoisotopic (exact) mass is 369 g/mol. The van der Waals surface area contributed by atoms with Crippen LogP contribution in [-0.4, -0.2) is 10.1 Å². The summed E-state index contributed by atoms with van der Waals surface area (Å²) >= 11 is 6.81. The highest BCUT2D eigenvalue weighted by Crippen LogP contribution is 2.26. The second-order valence-electron chi connectivity index (χ2n) is 4.21. The summed E-state index contributed by atoms with van der Waals surface area (Å²) < 4.78 is 1.87. The molecule has 1 aromatic heterocycles. The summed E-state index contributed by atoms with van der Waals surface area (Å²) in [6.07, 6.45) is 1.70. The number of pyridine rings is 1. The molecule has 1 atom stereocenters. The number of nitrogens with zero attached hydrogens (tertiary/aromatic N) is 1. The molecular formula is C14H13Br2NO. The summed E-state index contributed by atoms with van der Waals surface area (Å²) in [6.45, 7) is 2.01. The number of aryl methyl sites for hydroxylation is 1. The standard InChI is InChI=1S/C14H13Br2NO/c1-9-2-5-13(16)12(6-9)14(18)7-11-4-3-10(15)8-17-11/h2-6,8,14,18H,7H2,1H3. The summed E-state index contributed by atoms with van der Waals surface area (Å²) in [6, 6.07) is 9.81. The topological polar surface area (TPSA) is 33.1 Å². The molecule has 0 saturated heterocycles. The predicted octanol–water partition coefficient (Wildman–Crippen LogP) is 4.19. The molecular weight excluding hydrogens is 358 g/mol. The minimum absolute atomic E-state index is 0.509. The van der Waals surface area contributed by atoms with E-state index in [1.54, 1.807) is 6.20 Å². The normalized spacial score (nSPS) is 12.4. The van der Waals surface area contributed by atoms with Crippen LogP contribution < -0.4 is 0 Å². The number of aliphatic hydroxyl groups is 1. The summed E-state index contributed by atoms with van der Waals surface area (Å²) in [7, 11) is 0. The van der Waals surface area contributed by atoms with Crippen LogP contribution in [0.4, 0.5) is 0 Å². The van der Waals surface area contributed by atoms with Crippen molar-refractivity contribution in [3.63, 3.8) is 0 Å². The van der Waals surface area contributed by atoms with Crippen molar-refractivity contribution in [2.45, 2.75) is 19.4 Å². The summed E-state index contributed by atoms with van der Waals surface area (Å²) in [4.78, 5) is 4.27. The average Bonchev–Trinajstić information content (AvgIpc) is 2.35. The predicted molar refractivity (Wildman–Crippen MR) is 79.5 cm³/mol. The zero-order valence-electron chi connectivity index (χ0n) is 9.90. The van der Waals surface area contributed by atoms with Crippen LogP contribution in [-0.2, 0) is 6.42 Å². The minimum atomic E-state index is -0.548. The van der Waals surface area contributed by atoms with Crippen LogP contribution in [0, 0.1) is 6.92 Å². The zero-order valence-corrected chi connectivity index (χ0v) is 13.1. The van der Waals surface area contributed by atoms with Crippen molar-refractivity contribution < 1.29 is 5.11 Å². The fraction of sp³-hybridized carbons (Fsp3) is 0.214. The number of benzene rings is 1. The molecule has 94 valence electrons. The summed E-state index contributed by atoms with van der Waals surface area (Å²) in [5, 5.41) is 10.3. The van der Waals surface area contributed by atoms with Gasteiger partial charge in [-0.25, -0.2) is 0 Å². The van der Waals surface area contributed by atoms with E-state index in [2.05, 4.69) is 36.8 Å². The van der Waals surface area contributed by atoms with Gasteiger partial charge in [0.15, 0.2) is 0 Å². The Labute approximate surface area is 123 Å². The maximum absolute atomic E-state index is 10.3. The highest BCUT2D eigenvalue weighted by atomic mass is 79.9. The fourth-order valence-electron chi connectivity index (χ4n) is 1.75. The third-order valence-electron chi connectivity index (χ3n) is 2.70. The first-order valence-corrected chi connectivity index (χ1v) is 7.19. The van der Waals surface area contributed by atoms with Crippen LogP contribution in [0.25, 0.3) is 0 Å². The first-order chi connectivity index (χ1) is 8.56. The molecule has 1 N–H and O–H groups in total. The molecule has 0 saturated carbocycles. The summed E-state index contributed by atoms with van der Waals surface area (Å²) in [5.74, 6) is 0. The number of aromatic nitrogens is 1. The van der Waals surface area contributed by atoms with Crippen molar-refractivity contribution in [3.8, 4) is 0 Å². The highest BCUT2D eigenvalue weighted by molar-refractivity contribution is 9.10. The Bertz CT molecular complexity index is 540. The Morgan fingerprint density at radius 3 is 2.67 bits per heavy atom. The van der Waals surface area contributed by atoms with Gasteiger partial charge in [-0.05, 0) is 46.6 Å². The lowest BCUT2D eigenvalue weighted by molar-refractivity contribution is 0.176. The fourth-order valence-corrected chi connectivity index (χ4v) is 2.50. The lowest BCUT2D eigenvalue weighted by Crippen LogP contribution is -2.04. The van der Waals surface area contributed by atoms with Crippen LogP contribution >= 0.6 is 31.9 Å². The van der Waals surface area contributed by atoms with Crippen molar-refractivity contribution >= 4 is 31.9 Å². The Morgan fingerprint density at radius 1 is 1.22 bits per heavy atom. The molecule has 0 spiro atoms. The van der Waals surface area contributed by atoms with Gasteiger partial charge in [0.2, 0.25) is 0 Å². The lowest BCUT2D eigenvalue weighted by atomic mass is 10.0. The van der Waals surface area contributed by atoms with Crippen molar-refractivity contribution in [1.82, 2.24) is 4.98 Å². The molecule has 18 heavy (non-hydrogen) atoms. The van der Waals surface area contributed by atoms with Gasteiger partial charge in [-0.1, -0.05) is 33.6 Å². The SMILES string of the molecule is Cc1ccc(Br)c(C(O)Cc2ccc(Br)cn2)c1. The number of rotatable bonds is 3. The molecule has 1 unspecified atom stereocenters. The van der Waals surface area contributed by atoms with Gasteiger partial charge in [0.25, 0.3) is 0 Å². The van der Waals surface area contributed by atoms with E-state index in [4.69, 9.17) is 0 Å². The smallest absolute Gasteiger partial charge is 0.0856 e. The maximum Gasteiger partial charge on any atom is 0.0856 e. The van der Waals surface area contributed by atoms with E-state index in [1.807, 2.05) is 37.3 Å². The molecule has 0 amide bonds. The van der Waals surface area contributed by atoms with Gasteiger partial charge < -0.3 is 5.11 Å². The maximum atomic E-state index is 10.3. The molecule has 1 heterocycles. The third-order valence-corrected chi connectivity index (χ3v) is 3.89. The second-order valence-corrected chi connectivity index (χ2v) is 5.98. The van der Waals surface area contributed by atoms with Crippen LogP contribution in [0.5, 0.6) is 0 Å². The van der Waals surface area contributed by atoms with Gasteiger partial charge in [0, 0.05) is 27.3 Å². The molecule has 0 radical (unpaired) electrons. The van der Waals surface area contributed by atoms with Crippen molar-refractivity contribution in [3.05, 3.63) is 62.3 Å². The van der Waals surface area contributed by atoms with Gasteiger partial charge in [-0.3, -0.25) is 4.98 Å². The largest absolute Gasteiger partial charge is 0.388 e. The molecule has 0 aliphatic carbocycles. The van der Waals surface area contributed by atoms with Crippen LogP contribution in [0.15, 0.2) is 45.5 Å². The van der Waals surface area contributed by atoms with E-state index in [-0.39, 0.29) is 0 Å². The Hall–Kier alpha value is -0.710. The van der Waals surface area contributed by atoms with E-state index in [0.717, 1.165) is 25.8 Å². The first kappa shape index (κ1) is 13.7. The number of halogens is 2. The van der Waals surface area contributed by atoms with Crippen LogP contribution in [0.2, 0.25) is 0 Å². The number of hydrogen-bond acceptors (Lipinski definition) is 2. The minimum Gasteiger partial charge on any atom is -0.388 e. The Balaban J connectivity index is 2.18. The van der Waals surface area contributed by atoms with Gasteiger partial charge in [-0.15, -0.1) is 0 Å². The first-order valence-electron chi connectivity index (χ1n) is 5.61. The van der Waals surface area contributed by atoms with Gasteiger partial charge in [0.05, 0.1) is 6.10 Å². The molecule has 1 aromatic carbocycles. The van der Waals surface area contributed by atoms with E-state index in [1.165, 1.54) is 0 Å². The summed E-state index contributed by atoms with van der Waals surface area (Å²) in [5.41, 5.74) is 2.91. The van der Waals surface area contributed by atoms with Gasteiger partial charge in [-0.2, -0.15) is 0 Å². The number of aliphatic hydroxyl groups excluding tert-OH is 1. The van der Waals surface area contributed by atoms with E-state index >= 15 is 0 Å². The molecule has 0 aliphatic heterocycles. The molecule has 4 heteroatoms. The highest BCUT2D eigenvalue weighted by Gasteiger charge is 2.13. The zero-order chi connectivity index (χ0) is 13.1. The van der Waals surface area contributed by atoms with Gasteiger partial charge >= 0.3 is 0 Å². The van der Waals surface area contributed by atoms with E-state index < -0.39 is 6.10 Å². The van der Waals surface area contributed by atoms with Crippen LogP contribution in [0.3, 0.4) is 0 Å². The third kappa shape index (κ3) is 3.40. The Kier molecular flexibility index (Phi) is 4.54. The molecule has 2 nitrogen and oxygen atoms in total. The van der Waals surface area contributed by atoms with Crippen molar-refractivity contribution in [1.29, 1.82) is 0 Å². The Morgan fingerprint density at radius 2 is 2.00 bits per heavy atom. The van der Waals surface area contributed by atoms with Gasteiger partial charge in [0.1, 0.15) is 0 Å². The van der Waals surface area contributed by atoms with E-state index in [0.29, 0.717) is 6.42 Å². The quantitative estimate of drug-likeness (QED) is 0.878. The molecule has 0 fully saturated rings. The lowest BCUT2D eigenvalue weighted by Gasteiger charge is -2.13.